The maximum Gasteiger partial charge on any atom is 0.339 e. The molecule has 2 rings (SSSR count). The van der Waals surface area contributed by atoms with Gasteiger partial charge in [-0.2, -0.15) is 4.39 Å². The Morgan fingerprint density at radius 1 is 1.21 bits per heavy atom. The third kappa shape index (κ3) is 2.89. The van der Waals surface area contributed by atoms with Crippen LogP contribution in [-0.4, -0.2) is 27.0 Å². The third-order valence-corrected chi connectivity index (χ3v) is 2.22. The van der Waals surface area contributed by atoms with E-state index in [0.717, 1.165) is 6.07 Å². The summed E-state index contributed by atoms with van der Waals surface area (Å²) in [5, 5.41) is 11.2. The van der Waals surface area contributed by atoms with Gasteiger partial charge in [0.15, 0.2) is 0 Å². The molecule has 7 heteroatoms. The van der Waals surface area contributed by atoms with Crippen molar-refractivity contribution in [3.8, 4) is 0 Å². The van der Waals surface area contributed by atoms with Crippen LogP contribution in [0.4, 0.5) is 10.2 Å². The zero-order valence-corrected chi connectivity index (χ0v) is 9.50. The number of carbonyl (C=O) groups excluding carboxylic acids is 1. The lowest BCUT2D eigenvalue weighted by Gasteiger charge is -2.06. The first-order valence-electron chi connectivity index (χ1n) is 5.20. The molecule has 0 aromatic carbocycles. The van der Waals surface area contributed by atoms with Crippen molar-refractivity contribution in [3.05, 3.63) is 53.7 Å². The van der Waals surface area contributed by atoms with E-state index in [1.807, 2.05) is 0 Å². The molecule has 96 valence electrons. The second-order valence-corrected chi connectivity index (χ2v) is 3.50. The molecule has 0 aliphatic rings. The van der Waals surface area contributed by atoms with Crippen LogP contribution in [0, 0.1) is 5.95 Å². The molecule has 0 unspecified atom stereocenters. The summed E-state index contributed by atoms with van der Waals surface area (Å²) >= 11 is 0. The lowest BCUT2D eigenvalue weighted by molar-refractivity contribution is 0.0697. The molecular formula is C12H8FN3O3. The predicted octanol–water partition coefficient (Wildman–Crippen LogP) is 1.57. The molecule has 0 spiro atoms. The number of carboxylic acid groups (broad SMARTS) is 1. The monoisotopic (exact) mass is 261 g/mol. The molecule has 0 atom stereocenters. The minimum absolute atomic E-state index is 0.119. The Labute approximate surface area is 106 Å². The number of rotatable bonds is 3. The molecule has 2 heterocycles. The minimum atomic E-state index is -1.23. The highest BCUT2D eigenvalue weighted by Crippen LogP contribution is 2.12. The number of anilines is 1. The van der Waals surface area contributed by atoms with E-state index in [9.17, 15) is 14.0 Å². The van der Waals surface area contributed by atoms with Gasteiger partial charge in [0.1, 0.15) is 17.1 Å². The van der Waals surface area contributed by atoms with Crippen molar-refractivity contribution in [2.45, 2.75) is 0 Å². The van der Waals surface area contributed by atoms with Crippen LogP contribution in [0.25, 0.3) is 0 Å². The largest absolute Gasteiger partial charge is 0.478 e. The number of nitrogens with one attached hydrogen (secondary N) is 1. The molecule has 6 nitrogen and oxygen atoms in total. The number of carbonyl (C=O) groups is 2. The molecular weight excluding hydrogens is 253 g/mol. The summed E-state index contributed by atoms with van der Waals surface area (Å²) in [4.78, 5) is 29.8. The standard InChI is InChI=1S/C12H8FN3O3/c13-9-5-1-4-8(15-9)11(17)16-10-7(12(18)19)3-2-6-14-10/h1-6H,(H,18,19)(H,14,16,17). The van der Waals surface area contributed by atoms with Gasteiger partial charge >= 0.3 is 5.97 Å². The summed E-state index contributed by atoms with van der Waals surface area (Å²) < 4.78 is 12.9. The van der Waals surface area contributed by atoms with E-state index in [1.165, 1.54) is 30.5 Å². The topological polar surface area (TPSA) is 92.2 Å². The smallest absolute Gasteiger partial charge is 0.339 e. The van der Waals surface area contributed by atoms with Crippen molar-refractivity contribution in [1.82, 2.24) is 9.97 Å². The molecule has 19 heavy (non-hydrogen) atoms. The fraction of sp³-hybridized carbons (Fsp3) is 0. The van der Waals surface area contributed by atoms with E-state index in [2.05, 4.69) is 15.3 Å². The van der Waals surface area contributed by atoms with E-state index >= 15 is 0 Å². The van der Waals surface area contributed by atoms with Gasteiger partial charge in [0.05, 0.1) is 0 Å². The molecule has 1 amide bonds. The summed E-state index contributed by atoms with van der Waals surface area (Å²) in [6, 6.07) is 6.46. The third-order valence-electron chi connectivity index (χ3n) is 2.22. The Balaban J connectivity index is 2.27. The Bertz CT molecular complexity index is 646. The number of nitrogens with zero attached hydrogens (tertiary/aromatic N) is 2. The van der Waals surface area contributed by atoms with Crippen molar-refractivity contribution < 1.29 is 19.1 Å². The molecule has 2 aromatic heterocycles. The zero-order chi connectivity index (χ0) is 13.8. The second-order valence-electron chi connectivity index (χ2n) is 3.50. The van der Waals surface area contributed by atoms with Crippen LogP contribution < -0.4 is 5.32 Å². The Kier molecular flexibility index (Phi) is 3.46. The highest BCUT2D eigenvalue weighted by molar-refractivity contribution is 6.05. The molecule has 0 bridgehead atoms. The molecule has 0 aliphatic carbocycles. The van der Waals surface area contributed by atoms with Crippen molar-refractivity contribution in [3.63, 3.8) is 0 Å². The number of aromatic nitrogens is 2. The Morgan fingerprint density at radius 3 is 2.68 bits per heavy atom. The van der Waals surface area contributed by atoms with Gasteiger partial charge in [-0.05, 0) is 24.3 Å². The van der Waals surface area contributed by atoms with Crippen LogP contribution in [-0.2, 0) is 0 Å². The molecule has 0 fully saturated rings. The quantitative estimate of drug-likeness (QED) is 0.818. The number of pyridine rings is 2. The average Bonchev–Trinajstić information content (AvgIpc) is 2.39. The van der Waals surface area contributed by atoms with Crippen LogP contribution in [0.3, 0.4) is 0 Å². The first-order chi connectivity index (χ1) is 9.08. The zero-order valence-electron chi connectivity index (χ0n) is 9.50. The number of aromatic carboxylic acids is 1. The van der Waals surface area contributed by atoms with E-state index in [1.54, 1.807) is 0 Å². The van der Waals surface area contributed by atoms with Crippen LogP contribution >= 0.6 is 0 Å². The fourth-order valence-electron chi connectivity index (χ4n) is 1.38. The first-order valence-corrected chi connectivity index (χ1v) is 5.20. The van der Waals surface area contributed by atoms with Gasteiger partial charge in [-0.1, -0.05) is 6.07 Å². The summed E-state index contributed by atoms with van der Waals surface area (Å²) in [7, 11) is 0. The van der Waals surface area contributed by atoms with Gasteiger partial charge in [0.25, 0.3) is 5.91 Å². The van der Waals surface area contributed by atoms with Crippen molar-refractivity contribution in [1.29, 1.82) is 0 Å². The number of halogens is 1. The molecule has 0 aliphatic heterocycles. The number of amides is 1. The lowest BCUT2D eigenvalue weighted by Crippen LogP contribution is -2.17. The van der Waals surface area contributed by atoms with Gasteiger partial charge in [-0.25, -0.2) is 14.8 Å². The van der Waals surface area contributed by atoms with Crippen molar-refractivity contribution in [2.24, 2.45) is 0 Å². The molecule has 2 N–H and O–H groups in total. The Hall–Kier alpha value is -2.83. The predicted molar refractivity (Wildman–Crippen MR) is 63.3 cm³/mol. The van der Waals surface area contributed by atoms with Gasteiger partial charge in [-0.3, -0.25) is 4.79 Å². The second kappa shape index (κ2) is 5.21. The summed E-state index contributed by atoms with van der Waals surface area (Å²) in [5.74, 6) is -2.88. The van der Waals surface area contributed by atoms with E-state index in [0.29, 0.717) is 0 Å². The van der Waals surface area contributed by atoms with Crippen LogP contribution in [0.1, 0.15) is 20.8 Å². The van der Waals surface area contributed by atoms with E-state index in [-0.39, 0.29) is 17.1 Å². The van der Waals surface area contributed by atoms with Crippen molar-refractivity contribution >= 4 is 17.7 Å². The van der Waals surface area contributed by atoms with E-state index < -0.39 is 17.8 Å². The number of hydrogen-bond donors (Lipinski definition) is 2. The van der Waals surface area contributed by atoms with Crippen molar-refractivity contribution in [2.75, 3.05) is 5.32 Å². The number of hydrogen-bond acceptors (Lipinski definition) is 4. The normalized spacial score (nSPS) is 9.95. The summed E-state index contributed by atoms with van der Waals surface area (Å²) in [5.41, 5.74) is -0.325. The van der Waals surface area contributed by atoms with Crippen LogP contribution in [0.5, 0.6) is 0 Å². The van der Waals surface area contributed by atoms with E-state index in [4.69, 9.17) is 5.11 Å². The van der Waals surface area contributed by atoms with Gasteiger partial charge in [0.2, 0.25) is 5.95 Å². The van der Waals surface area contributed by atoms with Crippen LogP contribution in [0.15, 0.2) is 36.5 Å². The molecule has 0 radical (unpaired) electrons. The Morgan fingerprint density at radius 2 is 2.00 bits per heavy atom. The van der Waals surface area contributed by atoms with Gasteiger partial charge in [0, 0.05) is 6.20 Å². The molecule has 0 saturated heterocycles. The summed E-state index contributed by atoms with van der Waals surface area (Å²) in [6.07, 6.45) is 1.33. The minimum Gasteiger partial charge on any atom is -0.478 e. The first kappa shape index (κ1) is 12.6. The summed E-state index contributed by atoms with van der Waals surface area (Å²) in [6.45, 7) is 0. The maximum absolute atomic E-state index is 12.9. The SMILES string of the molecule is O=C(Nc1ncccc1C(=O)O)c1cccc(F)n1. The van der Waals surface area contributed by atoms with Gasteiger partial charge < -0.3 is 10.4 Å². The average molecular weight is 261 g/mol. The molecule has 2 aromatic rings. The highest BCUT2D eigenvalue weighted by Gasteiger charge is 2.15. The number of carboxylic acids is 1. The highest BCUT2D eigenvalue weighted by atomic mass is 19.1. The fourth-order valence-corrected chi connectivity index (χ4v) is 1.38. The molecule has 0 saturated carbocycles. The lowest BCUT2D eigenvalue weighted by atomic mass is 10.2. The van der Waals surface area contributed by atoms with Gasteiger partial charge in [-0.15, -0.1) is 0 Å². The van der Waals surface area contributed by atoms with Crippen LogP contribution in [0.2, 0.25) is 0 Å². The maximum atomic E-state index is 12.9.